The van der Waals surface area contributed by atoms with Gasteiger partial charge in [-0.3, -0.25) is 14.4 Å². The number of rotatable bonds is 6. The highest BCUT2D eigenvalue weighted by molar-refractivity contribution is 6.31. The Morgan fingerprint density at radius 3 is 2.50 bits per heavy atom. The molecule has 0 bridgehead atoms. The van der Waals surface area contributed by atoms with E-state index in [4.69, 9.17) is 16.9 Å². The van der Waals surface area contributed by atoms with Crippen LogP contribution in [0.25, 0.3) is 6.08 Å². The molecule has 0 atom stereocenters. The average Bonchev–Trinajstić information content (AvgIpc) is 2.99. The molecule has 0 N–H and O–H groups in total. The third-order valence-electron chi connectivity index (χ3n) is 5.21. The van der Waals surface area contributed by atoms with Crippen molar-refractivity contribution in [3.05, 3.63) is 57.9 Å². The SMILES string of the molecule is Cc1nn(CC(C)C)c(Cl)c1/C=C/C(=O)N1CCN(Cc2ccc(C#N)cc2)CC1. The molecule has 1 aromatic heterocycles. The van der Waals surface area contributed by atoms with Crippen molar-refractivity contribution in [1.29, 1.82) is 5.26 Å². The third kappa shape index (κ3) is 5.50. The maximum absolute atomic E-state index is 12.6. The van der Waals surface area contributed by atoms with Gasteiger partial charge in [-0.25, -0.2) is 0 Å². The Morgan fingerprint density at radius 1 is 1.23 bits per heavy atom. The first-order valence-electron chi connectivity index (χ1n) is 10.3. The van der Waals surface area contributed by atoms with Gasteiger partial charge in [0.1, 0.15) is 5.15 Å². The number of carbonyl (C=O) groups excluding carboxylic acids is 1. The molecule has 1 aromatic carbocycles. The molecule has 1 aliphatic heterocycles. The lowest BCUT2D eigenvalue weighted by atomic mass is 10.1. The second-order valence-corrected chi connectivity index (χ2v) is 8.47. The predicted octanol–water partition coefficient (Wildman–Crippen LogP) is 3.73. The van der Waals surface area contributed by atoms with Crippen molar-refractivity contribution >= 4 is 23.6 Å². The van der Waals surface area contributed by atoms with Gasteiger partial charge in [0, 0.05) is 50.9 Å². The number of nitriles is 1. The summed E-state index contributed by atoms with van der Waals surface area (Å²) in [4.78, 5) is 16.8. The van der Waals surface area contributed by atoms with Crippen LogP contribution >= 0.6 is 11.6 Å². The second-order valence-electron chi connectivity index (χ2n) is 8.11. The van der Waals surface area contributed by atoms with Gasteiger partial charge < -0.3 is 4.90 Å². The molecule has 2 heterocycles. The van der Waals surface area contributed by atoms with Crippen LogP contribution in [-0.4, -0.2) is 51.7 Å². The zero-order chi connectivity index (χ0) is 21.7. The van der Waals surface area contributed by atoms with E-state index in [0.717, 1.165) is 37.4 Å². The number of aryl methyl sites for hydroxylation is 1. The molecule has 158 valence electrons. The number of piperazine rings is 1. The quantitative estimate of drug-likeness (QED) is 0.661. The zero-order valence-corrected chi connectivity index (χ0v) is 18.6. The third-order valence-corrected chi connectivity index (χ3v) is 5.61. The van der Waals surface area contributed by atoms with E-state index in [1.807, 2.05) is 36.1 Å². The maximum Gasteiger partial charge on any atom is 0.246 e. The Balaban J connectivity index is 1.54. The maximum atomic E-state index is 12.6. The first kappa shape index (κ1) is 22.1. The molecule has 0 radical (unpaired) electrons. The van der Waals surface area contributed by atoms with Crippen molar-refractivity contribution in [3.63, 3.8) is 0 Å². The van der Waals surface area contributed by atoms with Crippen LogP contribution in [0, 0.1) is 24.2 Å². The van der Waals surface area contributed by atoms with Crippen LogP contribution in [0.1, 0.15) is 36.2 Å². The van der Waals surface area contributed by atoms with Gasteiger partial charge in [-0.05, 0) is 36.6 Å². The molecule has 2 aromatic rings. The number of aromatic nitrogens is 2. The Hall–Kier alpha value is -2.62. The highest BCUT2D eigenvalue weighted by Gasteiger charge is 2.20. The van der Waals surface area contributed by atoms with Gasteiger partial charge >= 0.3 is 0 Å². The number of nitrogens with zero attached hydrogens (tertiary/aromatic N) is 5. The van der Waals surface area contributed by atoms with Gasteiger partial charge in [-0.2, -0.15) is 10.4 Å². The molecular weight excluding hydrogens is 398 g/mol. The first-order chi connectivity index (χ1) is 14.4. The molecule has 30 heavy (non-hydrogen) atoms. The van der Waals surface area contributed by atoms with Crippen LogP contribution in [0.4, 0.5) is 0 Å². The highest BCUT2D eigenvalue weighted by atomic mass is 35.5. The predicted molar refractivity (Wildman–Crippen MR) is 119 cm³/mol. The van der Waals surface area contributed by atoms with Crippen LogP contribution in [-0.2, 0) is 17.9 Å². The van der Waals surface area contributed by atoms with Gasteiger partial charge in [0.2, 0.25) is 5.91 Å². The summed E-state index contributed by atoms with van der Waals surface area (Å²) in [5.41, 5.74) is 3.49. The van der Waals surface area contributed by atoms with Crippen molar-refractivity contribution in [3.8, 4) is 6.07 Å². The minimum absolute atomic E-state index is 0.0000920. The van der Waals surface area contributed by atoms with E-state index in [1.54, 1.807) is 16.8 Å². The van der Waals surface area contributed by atoms with Gasteiger partial charge in [-0.15, -0.1) is 0 Å². The zero-order valence-electron chi connectivity index (χ0n) is 17.8. The average molecular weight is 426 g/mol. The molecule has 0 aliphatic carbocycles. The number of halogens is 1. The smallest absolute Gasteiger partial charge is 0.246 e. The Morgan fingerprint density at radius 2 is 1.90 bits per heavy atom. The summed E-state index contributed by atoms with van der Waals surface area (Å²) in [5, 5.41) is 14.0. The fraction of sp³-hybridized carbons (Fsp3) is 0.435. The number of carbonyl (C=O) groups is 1. The van der Waals surface area contributed by atoms with E-state index < -0.39 is 0 Å². The fourth-order valence-corrected chi connectivity index (χ4v) is 3.86. The lowest BCUT2D eigenvalue weighted by molar-refractivity contribution is -0.127. The summed E-state index contributed by atoms with van der Waals surface area (Å²) in [6.07, 6.45) is 3.39. The molecule has 6 nitrogen and oxygen atoms in total. The van der Waals surface area contributed by atoms with Crippen LogP contribution in [0.2, 0.25) is 5.15 Å². The topological polar surface area (TPSA) is 65.2 Å². The number of hydrogen-bond acceptors (Lipinski definition) is 4. The van der Waals surface area contributed by atoms with Gasteiger partial charge in [-0.1, -0.05) is 37.6 Å². The van der Waals surface area contributed by atoms with Crippen molar-refractivity contribution in [2.24, 2.45) is 5.92 Å². The lowest BCUT2D eigenvalue weighted by Crippen LogP contribution is -2.47. The van der Waals surface area contributed by atoms with Gasteiger partial charge in [0.05, 0.1) is 17.3 Å². The van der Waals surface area contributed by atoms with E-state index in [-0.39, 0.29) is 5.91 Å². The van der Waals surface area contributed by atoms with Crippen molar-refractivity contribution in [2.45, 2.75) is 33.9 Å². The molecular formula is C23H28ClN5O. The first-order valence-corrected chi connectivity index (χ1v) is 10.7. The lowest BCUT2D eigenvalue weighted by Gasteiger charge is -2.34. The number of amides is 1. The van der Waals surface area contributed by atoms with E-state index in [2.05, 4.69) is 29.9 Å². The Labute approximate surface area is 183 Å². The van der Waals surface area contributed by atoms with Crippen LogP contribution in [0.15, 0.2) is 30.3 Å². The number of hydrogen-bond donors (Lipinski definition) is 0. The molecule has 1 fully saturated rings. The Kier molecular flexibility index (Phi) is 7.30. The largest absolute Gasteiger partial charge is 0.337 e. The van der Waals surface area contributed by atoms with E-state index in [9.17, 15) is 4.79 Å². The molecule has 0 unspecified atom stereocenters. The summed E-state index contributed by atoms with van der Waals surface area (Å²) in [7, 11) is 0. The standard InChI is InChI=1S/C23H28ClN5O/c1-17(2)15-29-23(24)21(18(3)26-29)8-9-22(30)28-12-10-27(11-13-28)16-20-6-4-19(14-25)5-7-20/h4-9,17H,10-13,15-16H2,1-3H3/b9-8+. The van der Waals surface area contributed by atoms with Crippen LogP contribution in [0.5, 0.6) is 0 Å². The summed E-state index contributed by atoms with van der Waals surface area (Å²) in [6.45, 7) is 10.8. The summed E-state index contributed by atoms with van der Waals surface area (Å²) >= 11 is 6.46. The molecule has 1 amide bonds. The summed E-state index contributed by atoms with van der Waals surface area (Å²) in [6, 6.07) is 9.81. The van der Waals surface area contributed by atoms with E-state index in [0.29, 0.717) is 29.7 Å². The minimum atomic E-state index is 0.0000920. The Bertz CT molecular complexity index is 947. The number of benzene rings is 1. The van der Waals surface area contributed by atoms with Gasteiger partial charge in [0.25, 0.3) is 0 Å². The highest BCUT2D eigenvalue weighted by Crippen LogP contribution is 2.22. The fourth-order valence-electron chi connectivity index (χ4n) is 3.55. The molecule has 0 saturated carbocycles. The normalized spacial score (nSPS) is 15.1. The minimum Gasteiger partial charge on any atom is -0.337 e. The van der Waals surface area contributed by atoms with Crippen molar-refractivity contribution in [1.82, 2.24) is 19.6 Å². The second kappa shape index (κ2) is 9.92. The molecule has 1 aliphatic rings. The molecule has 1 saturated heterocycles. The van der Waals surface area contributed by atoms with Gasteiger partial charge in [0.15, 0.2) is 0 Å². The van der Waals surface area contributed by atoms with Crippen molar-refractivity contribution < 1.29 is 4.79 Å². The molecule has 3 rings (SSSR count). The molecule has 0 spiro atoms. The van der Waals surface area contributed by atoms with Crippen LogP contribution < -0.4 is 0 Å². The van der Waals surface area contributed by atoms with E-state index >= 15 is 0 Å². The van der Waals surface area contributed by atoms with Crippen LogP contribution in [0.3, 0.4) is 0 Å². The molecule has 7 heteroatoms. The van der Waals surface area contributed by atoms with E-state index in [1.165, 1.54) is 5.56 Å². The monoisotopic (exact) mass is 425 g/mol. The summed E-state index contributed by atoms with van der Waals surface area (Å²) in [5.74, 6) is 0.445. The summed E-state index contributed by atoms with van der Waals surface area (Å²) < 4.78 is 1.80. The van der Waals surface area contributed by atoms with Crippen molar-refractivity contribution in [2.75, 3.05) is 26.2 Å².